The molecule has 4 rings (SSSR count). The number of fused-ring (bicyclic) bond motifs is 1. The minimum Gasteiger partial charge on any atom is -0.372 e. The van der Waals surface area contributed by atoms with E-state index in [9.17, 15) is 9.18 Å². The van der Waals surface area contributed by atoms with Crippen LogP contribution in [-0.4, -0.2) is 52.1 Å². The molecule has 7 nitrogen and oxygen atoms in total. The van der Waals surface area contributed by atoms with Gasteiger partial charge in [0.1, 0.15) is 5.82 Å². The van der Waals surface area contributed by atoms with E-state index in [2.05, 4.69) is 29.2 Å². The molecule has 0 spiro atoms. The molecule has 3 heterocycles. The minimum absolute atomic E-state index is 0.0228. The van der Waals surface area contributed by atoms with E-state index >= 15 is 0 Å². The summed E-state index contributed by atoms with van der Waals surface area (Å²) in [7, 11) is 0. The number of nitrogens with one attached hydrogen (secondary N) is 1. The summed E-state index contributed by atoms with van der Waals surface area (Å²) in [5.41, 5.74) is 2.52. The third kappa shape index (κ3) is 4.04. The van der Waals surface area contributed by atoms with E-state index < -0.39 is 5.82 Å². The molecule has 2 aliphatic rings. The van der Waals surface area contributed by atoms with Gasteiger partial charge in [-0.25, -0.2) is 9.18 Å². The van der Waals surface area contributed by atoms with Gasteiger partial charge in [0.05, 0.1) is 53.9 Å². The van der Waals surface area contributed by atoms with Gasteiger partial charge in [-0.3, -0.25) is 4.68 Å². The third-order valence-electron chi connectivity index (χ3n) is 5.41. The van der Waals surface area contributed by atoms with Gasteiger partial charge >= 0.3 is 6.03 Å². The number of rotatable bonds is 2. The summed E-state index contributed by atoms with van der Waals surface area (Å²) in [5, 5.41) is 7.34. The van der Waals surface area contributed by atoms with Crippen LogP contribution in [0.2, 0.25) is 5.02 Å². The smallest absolute Gasteiger partial charge is 0.322 e. The lowest BCUT2D eigenvalue weighted by molar-refractivity contribution is -0.00533. The molecule has 1 N–H and O–H groups in total. The number of halogens is 2. The molecule has 1 saturated heterocycles. The Bertz CT molecular complexity index is 910. The Hall–Kier alpha value is -2.32. The standard InChI is InChI=1S/C20H25ClFN5O2/c1-12-8-27-19(18(7-23-27)25-9-13(2)29-14(3)10-25)11-26(12)20(28)24-15-4-5-17(22)16(21)6-15/h4-7,12-14H,8-11H2,1-3H3,(H,24,28)/t12?,13-,14+. The number of benzene rings is 1. The molecule has 1 fully saturated rings. The number of ether oxygens (including phenoxy) is 1. The van der Waals surface area contributed by atoms with Crippen molar-refractivity contribution in [2.45, 2.75) is 52.1 Å². The summed E-state index contributed by atoms with van der Waals surface area (Å²) in [6.45, 7) is 8.75. The Balaban J connectivity index is 1.53. The number of morpholine rings is 1. The van der Waals surface area contributed by atoms with Crippen molar-refractivity contribution in [1.82, 2.24) is 14.7 Å². The molecule has 2 aliphatic heterocycles. The predicted octanol–water partition coefficient (Wildman–Crippen LogP) is 3.73. The van der Waals surface area contributed by atoms with Crippen molar-refractivity contribution in [2.75, 3.05) is 23.3 Å². The van der Waals surface area contributed by atoms with Crippen LogP contribution >= 0.6 is 11.6 Å². The SMILES string of the molecule is CC1Cn2ncc(N3C[C@@H](C)O[C@@H](C)C3)c2CN1C(=O)Nc1ccc(F)c(Cl)c1. The number of carbonyl (C=O) groups excluding carboxylic acids is 1. The lowest BCUT2D eigenvalue weighted by Crippen LogP contribution is -2.48. The highest BCUT2D eigenvalue weighted by Crippen LogP contribution is 2.30. The van der Waals surface area contributed by atoms with Gasteiger partial charge in [-0.15, -0.1) is 0 Å². The quantitative estimate of drug-likeness (QED) is 0.802. The summed E-state index contributed by atoms with van der Waals surface area (Å²) in [4.78, 5) is 17.0. The van der Waals surface area contributed by atoms with Gasteiger partial charge in [-0.1, -0.05) is 11.6 Å². The number of amides is 2. The Morgan fingerprint density at radius 1 is 1.24 bits per heavy atom. The molecule has 1 aromatic carbocycles. The zero-order valence-corrected chi connectivity index (χ0v) is 17.5. The Labute approximate surface area is 174 Å². The fourth-order valence-corrected chi connectivity index (χ4v) is 4.25. The van der Waals surface area contributed by atoms with Crippen LogP contribution in [0.3, 0.4) is 0 Å². The fourth-order valence-electron chi connectivity index (χ4n) is 4.07. The highest BCUT2D eigenvalue weighted by atomic mass is 35.5. The lowest BCUT2D eigenvalue weighted by Gasteiger charge is -2.39. The molecule has 1 unspecified atom stereocenters. The monoisotopic (exact) mass is 421 g/mol. The highest BCUT2D eigenvalue weighted by molar-refractivity contribution is 6.31. The second-order valence-electron chi connectivity index (χ2n) is 7.86. The van der Waals surface area contributed by atoms with E-state index in [0.29, 0.717) is 18.8 Å². The molecular formula is C20H25ClFN5O2. The van der Waals surface area contributed by atoms with Gasteiger partial charge in [0.15, 0.2) is 0 Å². The first-order valence-electron chi connectivity index (χ1n) is 9.79. The van der Waals surface area contributed by atoms with Crippen molar-refractivity contribution in [1.29, 1.82) is 0 Å². The van der Waals surface area contributed by atoms with Crippen molar-refractivity contribution < 1.29 is 13.9 Å². The molecular weight excluding hydrogens is 397 g/mol. The first kappa shape index (κ1) is 20.0. The van der Waals surface area contributed by atoms with Crippen LogP contribution in [0, 0.1) is 5.82 Å². The third-order valence-corrected chi connectivity index (χ3v) is 5.70. The van der Waals surface area contributed by atoms with Gasteiger partial charge in [-0.05, 0) is 39.0 Å². The largest absolute Gasteiger partial charge is 0.372 e. The van der Waals surface area contributed by atoms with Crippen LogP contribution < -0.4 is 10.2 Å². The van der Waals surface area contributed by atoms with E-state index in [0.717, 1.165) is 24.5 Å². The molecule has 9 heteroatoms. The zero-order valence-electron chi connectivity index (χ0n) is 16.7. The summed E-state index contributed by atoms with van der Waals surface area (Å²) in [6.07, 6.45) is 2.16. The molecule has 3 atom stereocenters. The van der Waals surface area contributed by atoms with Crippen LogP contribution in [0.4, 0.5) is 20.6 Å². The van der Waals surface area contributed by atoms with Crippen molar-refractivity contribution in [3.8, 4) is 0 Å². The average molecular weight is 422 g/mol. The van der Waals surface area contributed by atoms with Gasteiger partial charge in [-0.2, -0.15) is 5.10 Å². The van der Waals surface area contributed by atoms with Crippen molar-refractivity contribution >= 4 is 29.0 Å². The maximum absolute atomic E-state index is 13.4. The Kier molecular flexibility index (Phi) is 5.40. The fraction of sp³-hybridized carbons (Fsp3) is 0.500. The molecule has 0 aliphatic carbocycles. The van der Waals surface area contributed by atoms with Crippen LogP contribution in [-0.2, 0) is 17.8 Å². The van der Waals surface area contributed by atoms with E-state index in [1.54, 1.807) is 4.90 Å². The van der Waals surface area contributed by atoms with E-state index in [-0.39, 0.29) is 29.3 Å². The van der Waals surface area contributed by atoms with Crippen LogP contribution in [0.15, 0.2) is 24.4 Å². The van der Waals surface area contributed by atoms with Crippen molar-refractivity contribution in [3.05, 3.63) is 40.9 Å². The summed E-state index contributed by atoms with van der Waals surface area (Å²) < 4.78 is 21.2. The molecule has 29 heavy (non-hydrogen) atoms. The van der Waals surface area contributed by atoms with E-state index in [4.69, 9.17) is 16.3 Å². The number of hydrogen-bond acceptors (Lipinski definition) is 4. The van der Waals surface area contributed by atoms with Crippen molar-refractivity contribution in [3.63, 3.8) is 0 Å². The topological polar surface area (TPSA) is 62.6 Å². The van der Waals surface area contributed by atoms with Gasteiger partial charge in [0, 0.05) is 18.8 Å². The number of aromatic nitrogens is 2. The lowest BCUT2D eigenvalue weighted by atomic mass is 10.1. The number of anilines is 2. The maximum atomic E-state index is 13.4. The Morgan fingerprint density at radius 3 is 2.66 bits per heavy atom. The zero-order chi connectivity index (χ0) is 20.7. The van der Waals surface area contributed by atoms with E-state index in [1.807, 2.05) is 17.8 Å². The van der Waals surface area contributed by atoms with Crippen LogP contribution in [0.1, 0.15) is 26.5 Å². The summed E-state index contributed by atoms with van der Waals surface area (Å²) in [6, 6.07) is 3.87. The first-order valence-corrected chi connectivity index (χ1v) is 10.2. The number of urea groups is 1. The van der Waals surface area contributed by atoms with E-state index in [1.165, 1.54) is 18.2 Å². The first-order chi connectivity index (χ1) is 13.8. The molecule has 1 aromatic heterocycles. The number of nitrogens with zero attached hydrogens (tertiary/aromatic N) is 4. The molecule has 2 amide bonds. The number of hydrogen-bond donors (Lipinski definition) is 1. The van der Waals surface area contributed by atoms with Gasteiger partial charge in [0.25, 0.3) is 0 Å². The maximum Gasteiger partial charge on any atom is 0.322 e. The van der Waals surface area contributed by atoms with Gasteiger partial charge in [0.2, 0.25) is 0 Å². The van der Waals surface area contributed by atoms with Gasteiger partial charge < -0.3 is 19.9 Å². The highest BCUT2D eigenvalue weighted by Gasteiger charge is 2.32. The molecule has 0 radical (unpaired) electrons. The molecule has 2 aromatic rings. The number of carbonyl (C=O) groups is 1. The van der Waals surface area contributed by atoms with Crippen LogP contribution in [0.25, 0.3) is 0 Å². The van der Waals surface area contributed by atoms with Crippen LogP contribution in [0.5, 0.6) is 0 Å². The van der Waals surface area contributed by atoms with Crippen molar-refractivity contribution in [2.24, 2.45) is 0 Å². The summed E-state index contributed by atoms with van der Waals surface area (Å²) in [5.74, 6) is -0.515. The second-order valence-corrected chi connectivity index (χ2v) is 8.26. The molecule has 0 bridgehead atoms. The molecule has 0 saturated carbocycles. The minimum atomic E-state index is -0.515. The normalized spacial score (nSPS) is 24.4. The predicted molar refractivity (Wildman–Crippen MR) is 110 cm³/mol. The summed E-state index contributed by atoms with van der Waals surface area (Å²) >= 11 is 5.83. The Morgan fingerprint density at radius 2 is 1.97 bits per heavy atom. The second kappa shape index (κ2) is 7.84. The average Bonchev–Trinajstić information content (AvgIpc) is 3.06. The molecule has 156 valence electrons.